The van der Waals surface area contributed by atoms with Gasteiger partial charge in [0.1, 0.15) is 5.76 Å². The number of hydrogen-bond acceptors (Lipinski definition) is 4. The van der Waals surface area contributed by atoms with Crippen molar-refractivity contribution in [3.8, 4) is 0 Å². The summed E-state index contributed by atoms with van der Waals surface area (Å²) in [5, 5.41) is 12.3. The van der Waals surface area contributed by atoms with Crippen LogP contribution < -0.4 is 10.2 Å². The maximum Gasteiger partial charge on any atom is 0.224 e. The van der Waals surface area contributed by atoms with E-state index in [0.29, 0.717) is 18.8 Å². The fraction of sp³-hybridized carbons (Fsp3) is 0.421. The molecule has 1 aliphatic heterocycles. The van der Waals surface area contributed by atoms with E-state index in [9.17, 15) is 9.90 Å². The second-order valence-corrected chi connectivity index (χ2v) is 6.26. The molecule has 2 aromatic rings. The van der Waals surface area contributed by atoms with Crippen LogP contribution in [-0.2, 0) is 11.2 Å². The molecular formula is C19H24N2O3. The number of anilines is 2. The van der Waals surface area contributed by atoms with Gasteiger partial charge >= 0.3 is 0 Å². The lowest BCUT2D eigenvalue weighted by molar-refractivity contribution is -0.116. The Bertz CT molecular complexity index is 646. The molecule has 24 heavy (non-hydrogen) atoms. The second kappa shape index (κ2) is 8.02. The number of para-hydroxylation sites is 2. The smallest absolute Gasteiger partial charge is 0.224 e. The number of benzene rings is 1. The highest BCUT2D eigenvalue weighted by atomic mass is 16.3. The number of piperidine rings is 1. The lowest BCUT2D eigenvalue weighted by Crippen LogP contribution is -2.35. The van der Waals surface area contributed by atoms with E-state index in [2.05, 4.69) is 10.2 Å². The first-order valence-corrected chi connectivity index (χ1v) is 8.53. The highest BCUT2D eigenvalue weighted by molar-refractivity contribution is 5.94. The summed E-state index contributed by atoms with van der Waals surface area (Å²) in [6.45, 7) is 2.08. The van der Waals surface area contributed by atoms with E-state index in [1.165, 1.54) is 0 Å². The van der Waals surface area contributed by atoms with Gasteiger partial charge in [0.05, 0.1) is 17.6 Å². The monoisotopic (exact) mass is 328 g/mol. The number of rotatable bonds is 6. The summed E-state index contributed by atoms with van der Waals surface area (Å²) in [5.74, 6) is 1.21. The van der Waals surface area contributed by atoms with E-state index in [1.807, 2.05) is 36.4 Å². The number of carbonyl (C=O) groups excluding carboxylic acids is 1. The summed E-state index contributed by atoms with van der Waals surface area (Å²) in [5.41, 5.74) is 1.91. The van der Waals surface area contributed by atoms with Crippen molar-refractivity contribution in [1.82, 2.24) is 0 Å². The van der Waals surface area contributed by atoms with Crippen molar-refractivity contribution in [3.05, 3.63) is 48.4 Å². The number of furan rings is 1. The third-order valence-corrected chi connectivity index (χ3v) is 4.57. The minimum atomic E-state index is -0.0101. The molecule has 0 aliphatic carbocycles. The predicted molar refractivity (Wildman–Crippen MR) is 94.1 cm³/mol. The van der Waals surface area contributed by atoms with Crippen LogP contribution in [0.2, 0.25) is 0 Å². The van der Waals surface area contributed by atoms with Gasteiger partial charge in [-0.05, 0) is 43.0 Å². The Morgan fingerprint density at radius 2 is 2.00 bits per heavy atom. The molecule has 1 amide bonds. The third-order valence-electron chi connectivity index (χ3n) is 4.57. The van der Waals surface area contributed by atoms with E-state index in [-0.39, 0.29) is 12.5 Å². The molecule has 0 atom stereocenters. The maximum atomic E-state index is 12.2. The molecule has 0 unspecified atom stereocenters. The van der Waals surface area contributed by atoms with Gasteiger partial charge in [-0.2, -0.15) is 0 Å². The van der Waals surface area contributed by atoms with Crippen LogP contribution >= 0.6 is 0 Å². The van der Waals surface area contributed by atoms with Gasteiger partial charge < -0.3 is 19.7 Å². The van der Waals surface area contributed by atoms with Crippen molar-refractivity contribution in [1.29, 1.82) is 0 Å². The number of nitrogens with zero attached hydrogens (tertiary/aromatic N) is 1. The minimum absolute atomic E-state index is 0.0101. The average molecular weight is 328 g/mol. The number of amides is 1. The zero-order chi connectivity index (χ0) is 16.8. The van der Waals surface area contributed by atoms with Crippen LogP contribution in [0.15, 0.2) is 47.1 Å². The predicted octanol–water partition coefficient (Wildman–Crippen LogP) is 3.06. The maximum absolute atomic E-state index is 12.2. The van der Waals surface area contributed by atoms with Crippen molar-refractivity contribution < 1.29 is 14.3 Å². The third kappa shape index (κ3) is 4.17. The van der Waals surface area contributed by atoms with E-state index in [1.54, 1.807) is 6.26 Å². The number of aliphatic hydroxyl groups excluding tert-OH is 1. The minimum Gasteiger partial charge on any atom is -0.469 e. The zero-order valence-corrected chi connectivity index (χ0v) is 13.8. The van der Waals surface area contributed by atoms with Gasteiger partial charge in [0.25, 0.3) is 0 Å². The van der Waals surface area contributed by atoms with Gasteiger partial charge in [-0.15, -0.1) is 0 Å². The van der Waals surface area contributed by atoms with Crippen LogP contribution in [0.1, 0.15) is 25.0 Å². The Labute approximate surface area is 142 Å². The summed E-state index contributed by atoms with van der Waals surface area (Å²) < 4.78 is 5.27. The lowest BCUT2D eigenvalue weighted by Gasteiger charge is -2.34. The highest BCUT2D eigenvalue weighted by Crippen LogP contribution is 2.29. The first-order chi connectivity index (χ1) is 11.8. The van der Waals surface area contributed by atoms with Crippen molar-refractivity contribution in [2.45, 2.75) is 25.7 Å². The number of aryl methyl sites for hydroxylation is 1. The van der Waals surface area contributed by atoms with Gasteiger partial charge in [0, 0.05) is 32.5 Å². The van der Waals surface area contributed by atoms with E-state index in [0.717, 1.165) is 43.1 Å². The molecule has 1 aromatic carbocycles. The Balaban J connectivity index is 1.60. The molecule has 0 radical (unpaired) electrons. The number of nitrogens with one attached hydrogen (secondary N) is 1. The molecule has 1 aromatic heterocycles. The zero-order valence-electron chi connectivity index (χ0n) is 13.8. The fourth-order valence-electron chi connectivity index (χ4n) is 3.12. The molecule has 2 heterocycles. The topological polar surface area (TPSA) is 65.7 Å². The summed E-state index contributed by atoms with van der Waals surface area (Å²) >= 11 is 0. The number of hydrogen-bond donors (Lipinski definition) is 2. The number of carbonyl (C=O) groups is 1. The Hall–Kier alpha value is -2.27. The standard InChI is InChI=1S/C19H24N2O3/c22-14-15-9-11-21(12-10-15)18-6-2-1-5-17(18)20-19(23)8-7-16-4-3-13-24-16/h1-6,13,15,22H,7-12,14H2,(H,20,23). The van der Waals surface area contributed by atoms with E-state index in [4.69, 9.17) is 4.42 Å². The molecule has 3 rings (SSSR count). The van der Waals surface area contributed by atoms with Crippen LogP contribution in [0.4, 0.5) is 11.4 Å². The van der Waals surface area contributed by atoms with Crippen molar-refractivity contribution >= 4 is 17.3 Å². The summed E-state index contributed by atoms with van der Waals surface area (Å²) in [6, 6.07) is 11.6. The lowest BCUT2D eigenvalue weighted by atomic mass is 9.97. The van der Waals surface area contributed by atoms with E-state index < -0.39 is 0 Å². The quantitative estimate of drug-likeness (QED) is 0.855. The number of aliphatic hydroxyl groups is 1. The fourth-order valence-corrected chi connectivity index (χ4v) is 3.12. The largest absolute Gasteiger partial charge is 0.469 e. The molecule has 1 fully saturated rings. The molecule has 128 valence electrons. The molecule has 5 heteroatoms. The van der Waals surface area contributed by atoms with Crippen LogP contribution in [0, 0.1) is 5.92 Å². The SMILES string of the molecule is O=C(CCc1ccco1)Nc1ccccc1N1CCC(CO)CC1. The first-order valence-electron chi connectivity index (χ1n) is 8.53. The molecule has 1 saturated heterocycles. The van der Waals surface area contributed by atoms with Crippen LogP contribution in [-0.4, -0.2) is 30.7 Å². The molecule has 0 bridgehead atoms. The Morgan fingerprint density at radius 1 is 1.21 bits per heavy atom. The molecule has 1 aliphatic rings. The van der Waals surface area contributed by atoms with Crippen molar-refractivity contribution in [2.75, 3.05) is 29.9 Å². The molecule has 2 N–H and O–H groups in total. The van der Waals surface area contributed by atoms with Crippen LogP contribution in [0.5, 0.6) is 0 Å². The summed E-state index contributed by atoms with van der Waals surface area (Å²) in [7, 11) is 0. The molecule has 0 saturated carbocycles. The molecular weight excluding hydrogens is 304 g/mol. The average Bonchev–Trinajstić information content (AvgIpc) is 3.14. The molecule has 5 nitrogen and oxygen atoms in total. The van der Waals surface area contributed by atoms with Gasteiger partial charge in [-0.1, -0.05) is 12.1 Å². The van der Waals surface area contributed by atoms with Crippen molar-refractivity contribution in [2.24, 2.45) is 5.92 Å². The van der Waals surface area contributed by atoms with Crippen molar-refractivity contribution in [3.63, 3.8) is 0 Å². The Kier molecular flexibility index (Phi) is 5.54. The van der Waals surface area contributed by atoms with E-state index >= 15 is 0 Å². The molecule has 0 spiro atoms. The summed E-state index contributed by atoms with van der Waals surface area (Å²) in [4.78, 5) is 14.5. The van der Waals surface area contributed by atoms with Gasteiger partial charge in [0.15, 0.2) is 0 Å². The Morgan fingerprint density at radius 3 is 2.71 bits per heavy atom. The summed E-state index contributed by atoms with van der Waals surface area (Å²) in [6.07, 6.45) is 4.59. The van der Waals surface area contributed by atoms with Gasteiger partial charge in [-0.25, -0.2) is 0 Å². The second-order valence-electron chi connectivity index (χ2n) is 6.26. The first kappa shape index (κ1) is 16.6. The van der Waals surface area contributed by atoms with Crippen LogP contribution in [0.3, 0.4) is 0 Å². The van der Waals surface area contributed by atoms with Crippen LogP contribution in [0.25, 0.3) is 0 Å². The normalized spacial score (nSPS) is 15.5. The van der Waals surface area contributed by atoms with Gasteiger partial charge in [-0.3, -0.25) is 4.79 Å². The highest BCUT2D eigenvalue weighted by Gasteiger charge is 2.20. The van der Waals surface area contributed by atoms with Gasteiger partial charge in [0.2, 0.25) is 5.91 Å².